The van der Waals surface area contributed by atoms with Crippen molar-refractivity contribution in [2.24, 2.45) is 10.8 Å². The van der Waals surface area contributed by atoms with E-state index in [1.54, 1.807) is 13.0 Å². The molecule has 5 nitrogen and oxygen atoms in total. The van der Waals surface area contributed by atoms with E-state index >= 15 is 0 Å². The van der Waals surface area contributed by atoms with Gasteiger partial charge in [-0.05, 0) is 70.1 Å². The molecule has 0 amide bonds. The predicted octanol–water partition coefficient (Wildman–Crippen LogP) is 5.58. The fourth-order valence-corrected chi connectivity index (χ4v) is 5.34. The minimum atomic E-state index is -0.493. The minimum absolute atomic E-state index is 0.00460. The Morgan fingerprint density at radius 1 is 1.16 bits per heavy atom. The smallest absolute Gasteiger partial charge is 0.142 e. The minimum Gasteiger partial charge on any atom is -0.508 e. The third-order valence-electron chi connectivity index (χ3n) is 7.99. The Kier molecular flexibility index (Phi) is 6.63. The molecule has 0 spiro atoms. The van der Waals surface area contributed by atoms with Gasteiger partial charge in [0.15, 0.2) is 0 Å². The molecule has 1 heterocycles. The molecule has 3 rings (SSSR count). The zero-order chi connectivity index (χ0) is 23.9. The maximum atomic E-state index is 13.2. The molecule has 1 aromatic rings. The van der Waals surface area contributed by atoms with Gasteiger partial charge in [0.05, 0.1) is 11.7 Å². The van der Waals surface area contributed by atoms with Crippen molar-refractivity contribution in [1.29, 1.82) is 0 Å². The number of allylic oxidation sites excluding steroid dienone is 2. The number of rotatable bonds is 9. The SMILES string of the molecule is CC(=CCc1cc(O)cc(C)c1O)CC(=O)C[C@@]1(C)CCC[C@@]1(C)C(=O)C[C@@H]1OC1(C)C. The van der Waals surface area contributed by atoms with Crippen LogP contribution in [0.5, 0.6) is 11.5 Å². The standard InChI is InChI=1S/C27H38O5/c1-17(8-9-19-14-20(28)13-18(2)24(19)31)12-21(29)16-26(5)10-7-11-27(26,6)22(30)15-23-25(3,4)32-23/h8,13-14,23,28,31H,7,9-12,15-16H2,1-6H3/t23-,26+,27-/m0/s1. The molecule has 5 heteroatoms. The van der Waals surface area contributed by atoms with Crippen LogP contribution in [0.1, 0.15) is 84.3 Å². The van der Waals surface area contributed by atoms with E-state index in [0.29, 0.717) is 36.8 Å². The number of phenolic OH excluding ortho intramolecular Hbond substituents is 2. The summed E-state index contributed by atoms with van der Waals surface area (Å²) in [4.78, 5) is 26.2. The summed E-state index contributed by atoms with van der Waals surface area (Å²) in [6.07, 6.45) is 6.20. The Morgan fingerprint density at radius 3 is 2.44 bits per heavy atom. The second kappa shape index (κ2) is 8.66. The van der Waals surface area contributed by atoms with Gasteiger partial charge in [-0.1, -0.05) is 31.9 Å². The average Bonchev–Trinajstić information content (AvgIpc) is 3.15. The van der Waals surface area contributed by atoms with Gasteiger partial charge in [0.1, 0.15) is 23.1 Å². The predicted molar refractivity (Wildman–Crippen MR) is 125 cm³/mol. The molecular formula is C27H38O5. The van der Waals surface area contributed by atoms with Gasteiger partial charge in [-0.15, -0.1) is 0 Å². The third-order valence-corrected chi connectivity index (χ3v) is 7.99. The largest absolute Gasteiger partial charge is 0.508 e. The summed E-state index contributed by atoms with van der Waals surface area (Å²) in [5, 5.41) is 20.0. The number of aromatic hydroxyl groups is 2. The van der Waals surface area contributed by atoms with Crippen molar-refractivity contribution in [2.75, 3.05) is 0 Å². The van der Waals surface area contributed by atoms with Crippen LogP contribution < -0.4 is 0 Å². The van der Waals surface area contributed by atoms with E-state index < -0.39 is 5.41 Å². The van der Waals surface area contributed by atoms with Crippen LogP contribution in [0, 0.1) is 17.8 Å². The summed E-state index contributed by atoms with van der Waals surface area (Å²) in [7, 11) is 0. The van der Waals surface area contributed by atoms with Gasteiger partial charge in [-0.3, -0.25) is 9.59 Å². The number of phenols is 2. The zero-order valence-corrected chi connectivity index (χ0v) is 20.4. The Hall–Kier alpha value is -2.14. The molecule has 2 fully saturated rings. The molecule has 2 N–H and O–H groups in total. The molecule has 0 unspecified atom stereocenters. The van der Waals surface area contributed by atoms with Gasteiger partial charge in [0, 0.05) is 30.2 Å². The Balaban J connectivity index is 1.62. The molecule has 1 saturated carbocycles. The normalized spacial score (nSPS) is 29.2. The van der Waals surface area contributed by atoms with Crippen molar-refractivity contribution >= 4 is 11.6 Å². The van der Waals surface area contributed by atoms with E-state index in [9.17, 15) is 19.8 Å². The lowest BCUT2D eigenvalue weighted by Gasteiger charge is -2.40. The van der Waals surface area contributed by atoms with Crippen molar-refractivity contribution in [3.8, 4) is 11.5 Å². The number of benzene rings is 1. The van der Waals surface area contributed by atoms with Crippen LogP contribution in [0.2, 0.25) is 0 Å². The first-order valence-electron chi connectivity index (χ1n) is 11.7. The second-order valence-corrected chi connectivity index (χ2v) is 11.0. The van der Waals surface area contributed by atoms with E-state index in [-0.39, 0.29) is 40.2 Å². The topological polar surface area (TPSA) is 87.1 Å². The van der Waals surface area contributed by atoms with E-state index in [0.717, 1.165) is 24.8 Å². The lowest BCUT2D eigenvalue weighted by Crippen LogP contribution is -2.41. The van der Waals surface area contributed by atoms with Gasteiger partial charge < -0.3 is 14.9 Å². The summed E-state index contributed by atoms with van der Waals surface area (Å²) in [5.41, 5.74) is 1.16. The molecule has 1 aliphatic carbocycles. The summed E-state index contributed by atoms with van der Waals surface area (Å²) in [6, 6.07) is 3.07. The molecule has 2 aliphatic rings. The first-order valence-corrected chi connectivity index (χ1v) is 11.7. The van der Waals surface area contributed by atoms with Crippen LogP contribution in [0.3, 0.4) is 0 Å². The summed E-state index contributed by atoms with van der Waals surface area (Å²) in [5.74, 6) is 0.661. The van der Waals surface area contributed by atoms with Crippen molar-refractivity contribution < 1.29 is 24.5 Å². The number of ether oxygens (including phenoxy) is 1. The van der Waals surface area contributed by atoms with Crippen LogP contribution in [0.4, 0.5) is 0 Å². The molecule has 1 saturated heterocycles. The van der Waals surface area contributed by atoms with Crippen LogP contribution in [-0.4, -0.2) is 33.5 Å². The highest BCUT2D eigenvalue weighted by Crippen LogP contribution is 2.57. The monoisotopic (exact) mass is 442 g/mol. The van der Waals surface area contributed by atoms with E-state index in [1.165, 1.54) is 6.07 Å². The first kappa shape index (κ1) is 24.5. The molecule has 0 bridgehead atoms. The lowest BCUT2D eigenvalue weighted by molar-refractivity contribution is -0.135. The third kappa shape index (κ3) is 4.93. The Morgan fingerprint density at radius 2 is 1.81 bits per heavy atom. The molecule has 0 aromatic heterocycles. The van der Waals surface area contributed by atoms with E-state index in [4.69, 9.17) is 4.74 Å². The fraction of sp³-hybridized carbons (Fsp3) is 0.630. The van der Waals surface area contributed by atoms with Gasteiger partial charge in [0.2, 0.25) is 0 Å². The molecule has 176 valence electrons. The number of hydrogen-bond acceptors (Lipinski definition) is 5. The number of ketones is 2. The molecule has 3 atom stereocenters. The van der Waals surface area contributed by atoms with Crippen molar-refractivity contribution in [1.82, 2.24) is 0 Å². The van der Waals surface area contributed by atoms with Crippen LogP contribution in [0.25, 0.3) is 0 Å². The summed E-state index contributed by atoms with van der Waals surface area (Å²) in [6.45, 7) is 11.8. The van der Waals surface area contributed by atoms with E-state index in [2.05, 4.69) is 6.92 Å². The fourth-order valence-electron chi connectivity index (χ4n) is 5.34. The van der Waals surface area contributed by atoms with Crippen molar-refractivity contribution in [2.45, 2.75) is 98.2 Å². The second-order valence-electron chi connectivity index (χ2n) is 11.0. The summed E-state index contributed by atoms with van der Waals surface area (Å²) >= 11 is 0. The number of carbonyl (C=O) groups excluding carboxylic acids is 2. The number of epoxide rings is 1. The molecular weight excluding hydrogens is 404 g/mol. The average molecular weight is 443 g/mol. The summed E-state index contributed by atoms with van der Waals surface area (Å²) < 4.78 is 5.64. The Bertz CT molecular complexity index is 944. The van der Waals surface area contributed by atoms with Gasteiger partial charge in [-0.2, -0.15) is 0 Å². The van der Waals surface area contributed by atoms with E-state index in [1.807, 2.05) is 33.8 Å². The quantitative estimate of drug-likeness (QED) is 0.296. The first-order chi connectivity index (χ1) is 14.8. The van der Waals surface area contributed by atoms with Crippen LogP contribution in [0.15, 0.2) is 23.8 Å². The highest BCUT2D eigenvalue weighted by molar-refractivity contribution is 5.88. The maximum absolute atomic E-state index is 13.2. The van der Waals surface area contributed by atoms with Crippen LogP contribution in [-0.2, 0) is 20.7 Å². The van der Waals surface area contributed by atoms with Gasteiger partial charge in [-0.25, -0.2) is 0 Å². The molecule has 32 heavy (non-hydrogen) atoms. The van der Waals surface area contributed by atoms with Gasteiger partial charge in [0.25, 0.3) is 0 Å². The van der Waals surface area contributed by atoms with Crippen LogP contribution >= 0.6 is 0 Å². The highest BCUT2D eigenvalue weighted by atomic mass is 16.6. The number of Topliss-reactive ketones (excluding diaryl/α,β-unsaturated/α-hetero) is 2. The Labute approximate surface area is 191 Å². The molecule has 0 radical (unpaired) electrons. The number of aryl methyl sites for hydroxylation is 1. The lowest BCUT2D eigenvalue weighted by atomic mass is 9.62. The van der Waals surface area contributed by atoms with Gasteiger partial charge >= 0.3 is 0 Å². The number of hydrogen-bond donors (Lipinski definition) is 2. The number of carbonyl (C=O) groups is 2. The van der Waals surface area contributed by atoms with Crippen molar-refractivity contribution in [3.05, 3.63) is 34.9 Å². The highest BCUT2D eigenvalue weighted by Gasteiger charge is 2.56. The van der Waals surface area contributed by atoms with Crippen molar-refractivity contribution in [3.63, 3.8) is 0 Å². The maximum Gasteiger partial charge on any atom is 0.142 e. The molecule has 1 aliphatic heterocycles. The zero-order valence-electron chi connectivity index (χ0n) is 20.4. The molecule has 1 aromatic carbocycles.